The topological polar surface area (TPSA) is 66.8 Å². The Kier molecular flexibility index (Phi) is 3.94. The summed E-state index contributed by atoms with van der Waals surface area (Å²) in [5.41, 5.74) is 2.71. The van der Waals surface area contributed by atoms with Gasteiger partial charge in [-0.1, -0.05) is 24.3 Å². The van der Waals surface area contributed by atoms with Crippen molar-refractivity contribution >= 4 is 12.4 Å². The fourth-order valence-corrected chi connectivity index (χ4v) is 2.76. The number of fused-ring (bicyclic) bond motifs is 1. The van der Waals surface area contributed by atoms with Crippen LogP contribution in [0.15, 0.2) is 48.5 Å². The van der Waals surface area contributed by atoms with Crippen LogP contribution < -0.4 is 4.74 Å². The summed E-state index contributed by atoms with van der Waals surface area (Å²) in [5.74, 6) is 0.755. The van der Waals surface area contributed by atoms with Gasteiger partial charge in [0.25, 0.3) is 0 Å². The predicted molar refractivity (Wildman–Crippen MR) is 82.8 cm³/mol. The monoisotopic (exact) mass is 296 g/mol. The lowest BCUT2D eigenvalue weighted by molar-refractivity contribution is -0.104. The number of hydrogen-bond acceptors (Lipinski definition) is 4. The zero-order valence-electron chi connectivity index (χ0n) is 11.8. The number of phenols is 1. The average Bonchev–Trinajstić information content (AvgIpc) is 2.91. The van der Waals surface area contributed by atoms with Crippen LogP contribution in [0.3, 0.4) is 0 Å². The number of rotatable bonds is 4. The maximum atomic E-state index is 10.4. The van der Waals surface area contributed by atoms with Gasteiger partial charge in [-0.25, -0.2) is 0 Å². The molecule has 22 heavy (non-hydrogen) atoms. The number of phenolic OH excluding ortho intramolecular Hbond substituents is 1. The van der Waals surface area contributed by atoms with Crippen LogP contribution in [-0.4, -0.2) is 23.1 Å². The highest BCUT2D eigenvalue weighted by molar-refractivity contribution is 5.74. The molecule has 4 heteroatoms. The quantitative estimate of drug-likeness (QED) is 0.672. The van der Waals surface area contributed by atoms with E-state index in [1.54, 1.807) is 30.3 Å². The van der Waals surface area contributed by atoms with Gasteiger partial charge in [-0.2, -0.15) is 0 Å². The molecular weight excluding hydrogens is 280 g/mol. The normalized spacial score (nSPS) is 19.9. The van der Waals surface area contributed by atoms with Crippen LogP contribution in [0.5, 0.6) is 11.5 Å². The van der Waals surface area contributed by atoms with Crippen molar-refractivity contribution in [3.8, 4) is 11.5 Å². The molecule has 0 saturated carbocycles. The van der Waals surface area contributed by atoms with Crippen molar-refractivity contribution in [1.29, 1.82) is 0 Å². The number of aliphatic hydroxyl groups excluding tert-OH is 1. The van der Waals surface area contributed by atoms with E-state index >= 15 is 0 Å². The van der Waals surface area contributed by atoms with Crippen molar-refractivity contribution in [2.45, 2.75) is 12.0 Å². The van der Waals surface area contributed by atoms with Gasteiger partial charge in [0.05, 0.1) is 12.5 Å². The Labute approximate surface area is 128 Å². The van der Waals surface area contributed by atoms with Gasteiger partial charge in [0.1, 0.15) is 23.9 Å². The second-order valence-corrected chi connectivity index (χ2v) is 5.21. The zero-order chi connectivity index (χ0) is 15.5. The third-order valence-electron chi connectivity index (χ3n) is 3.84. The first kappa shape index (κ1) is 14.4. The summed E-state index contributed by atoms with van der Waals surface area (Å²) in [6, 6.07) is 12.4. The minimum atomic E-state index is -0.286. The Morgan fingerprint density at radius 2 is 1.91 bits per heavy atom. The number of aromatic hydroxyl groups is 1. The van der Waals surface area contributed by atoms with Gasteiger partial charge < -0.3 is 14.9 Å². The number of benzene rings is 2. The first-order valence-corrected chi connectivity index (χ1v) is 7.05. The molecule has 0 fully saturated rings. The molecule has 2 aromatic carbocycles. The van der Waals surface area contributed by atoms with Crippen LogP contribution in [0.1, 0.15) is 28.7 Å². The third-order valence-corrected chi connectivity index (χ3v) is 3.84. The Morgan fingerprint density at radius 3 is 2.59 bits per heavy atom. The molecule has 0 aliphatic carbocycles. The van der Waals surface area contributed by atoms with Crippen LogP contribution in [0.2, 0.25) is 0 Å². The lowest BCUT2D eigenvalue weighted by atomic mass is 9.91. The molecule has 2 atom stereocenters. The van der Waals surface area contributed by atoms with Crippen LogP contribution in [0.4, 0.5) is 0 Å². The molecule has 0 radical (unpaired) electrons. The zero-order valence-corrected chi connectivity index (χ0v) is 11.8. The van der Waals surface area contributed by atoms with E-state index in [-0.39, 0.29) is 24.4 Å². The lowest BCUT2D eigenvalue weighted by Crippen LogP contribution is -2.13. The van der Waals surface area contributed by atoms with Crippen molar-refractivity contribution in [3.63, 3.8) is 0 Å². The molecule has 0 aromatic heterocycles. The molecule has 0 unspecified atom stereocenters. The molecule has 1 aliphatic heterocycles. The number of hydrogen-bond donors (Lipinski definition) is 2. The smallest absolute Gasteiger partial charge is 0.142 e. The maximum absolute atomic E-state index is 10.4. The summed E-state index contributed by atoms with van der Waals surface area (Å²) >= 11 is 0. The summed E-state index contributed by atoms with van der Waals surface area (Å²) in [4.78, 5) is 10.4. The van der Waals surface area contributed by atoms with Gasteiger partial charge in [0, 0.05) is 5.56 Å². The molecule has 112 valence electrons. The van der Waals surface area contributed by atoms with E-state index in [1.165, 1.54) is 6.08 Å². The summed E-state index contributed by atoms with van der Waals surface area (Å²) in [6.07, 6.45) is 3.59. The summed E-state index contributed by atoms with van der Waals surface area (Å²) in [6.45, 7) is -0.0423. The van der Waals surface area contributed by atoms with E-state index in [2.05, 4.69) is 0 Å². The Bertz CT molecular complexity index is 704. The minimum Gasteiger partial charge on any atom is -0.508 e. The summed E-state index contributed by atoms with van der Waals surface area (Å²) in [5, 5.41) is 19.2. The van der Waals surface area contributed by atoms with Crippen LogP contribution >= 0.6 is 0 Å². The number of carbonyl (C=O) groups is 1. The van der Waals surface area contributed by atoms with E-state index in [9.17, 15) is 15.0 Å². The number of allylic oxidation sites excluding steroid dienone is 1. The molecule has 2 N–H and O–H groups in total. The first-order valence-electron chi connectivity index (χ1n) is 7.05. The van der Waals surface area contributed by atoms with Crippen molar-refractivity contribution in [2.24, 2.45) is 0 Å². The minimum absolute atomic E-state index is 0.0423. The van der Waals surface area contributed by atoms with Crippen molar-refractivity contribution < 1.29 is 19.7 Å². The molecule has 0 spiro atoms. The van der Waals surface area contributed by atoms with E-state index < -0.39 is 0 Å². The Morgan fingerprint density at radius 1 is 1.14 bits per heavy atom. The highest BCUT2D eigenvalue weighted by atomic mass is 16.5. The molecule has 1 heterocycles. The second kappa shape index (κ2) is 6.03. The highest BCUT2D eigenvalue weighted by Gasteiger charge is 2.35. The molecular formula is C18H16O4. The van der Waals surface area contributed by atoms with Gasteiger partial charge in [-0.3, -0.25) is 4.79 Å². The second-order valence-electron chi connectivity index (χ2n) is 5.21. The molecule has 0 saturated heterocycles. The van der Waals surface area contributed by atoms with Gasteiger partial charge in [-0.05, 0) is 41.5 Å². The molecule has 3 rings (SSSR count). The van der Waals surface area contributed by atoms with E-state index in [0.29, 0.717) is 0 Å². The van der Waals surface area contributed by atoms with Gasteiger partial charge >= 0.3 is 0 Å². The van der Waals surface area contributed by atoms with Crippen molar-refractivity contribution in [2.75, 3.05) is 6.61 Å². The van der Waals surface area contributed by atoms with Crippen LogP contribution in [-0.2, 0) is 4.79 Å². The Hall–Kier alpha value is -2.59. The molecule has 0 bridgehead atoms. The van der Waals surface area contributed by atoms with Crippen molar-refractivity contribution in [1.82, 2.24) is 0 Å². The third kappa shape index (κ3) is 2.61. The average molecular weight is 296 g/mol. The lowest BCUT2D eigenvalue weighted by Gasteiger charge is -2.17. The number of aldehydes is 1. The van der Waals surface area contributed by atoms with Crippen LogP contribution in [0, 0.1) is 0 Å². The standard InChI is InChI=1S/C18H16O4/c19-9-1-2-12-3-8-17-15(10-12)16(11-20)18(22-17)13-4-6-14(21)7-5-13/h1-10,16,18,20-21H,11H2/t16-,18+/m0/s1. The number of ether oxygens (including phenoxy) is 1. The number of carbonyl (C=O) groups excluding carboxylic acids is 1. The maximum Gasteiger partial charge on any atom is 0.142 e. The van der Waals surface area contributed by atoms with Crippen molar-refractivity contribution in [3.05, 3.63) is 65.2 Å². The summed E-state index contributed by atoms with van der Waals surface area (Å²) < 4.78 is 5.96. The molecule has 0 amide bonds. The summed E-state index contributed by atoms with van der Waals surface area (Å²) in [7, 11) is 0. The van der Waals surface area contributed by atoms with Crippen LogP contribution in [0.25, 0.3) is 6.08 Å². The van der Waals surface area contributed by atoms with Gasteiger partial charge in [0.2, 0.25) is 0 Å². The fraction of sp³-hybridized carbons (Fsp3) is 0.167. The van der Waals surface area contributed by atoms with Gasteiger partial charge in [-0.15, -0.1) is 0 Å². The molecule has 4 nitrogen and oxygen atoms in total. The first-order chi connectivity index (χ1) is 10.7. The van der Waals surface area contributed by atoms with E-state index in [4.69, 9.17) is 4.74 Å². The van der Waals surface area contributed by atoms with E-state index in [1.807, 2.05) is 18.2 Å². The van der Waals surface area contributed by atoms with E-state index in [0.717, 1.165) is 28.7 Å². The van der Waals surface area contributed by atoms with Gasteiger partial charge in [0.15, 0.2) is 0 Å². The SMILES string of the molecule is O=CC=Cc1ccc2c(c1)[C@H](CO)[C@@H](c1ccc(O)cc1)O2. The molecule has 1 aliphatic rings. The molecule has 2 aromatic rings. The largest absolute Gasteiger partial charge is 0.508 e. The number of aliphatic hydroxyl groups is 1. The Balaban J connectivity index is 1.95. The highest BCUT2D eigenvalue weighted by Crippen LogP contribution is 2.46. The fourth-order valence-electron chi connectivity index (χ4n) is 2.76. The predicted octanol–water partition coefficient (Wildman–Crippen LogP) is 2.81.